The Bertz CT molecular complexity index is 490. The van der Waals surface area contributed by atoms with Gasteiger partial charge in [0.05, 0.1) is 11.5 Å². The van der Waals surface area contributed by atoms with Crippen LogP contribution in [0.2, 0.25) is 0 Å². The van der Waals surface area contributed by atoms with Gasteiger partial charge in [-0.2, -0.15) is 8.42 Å². The molecule has 17 heavy (non-hydrogen) atoms. The summed E-state index contributed by atoms with van der Waals surface area (Å²) in [5.74, 6) is -0.352. The highest BCUT2D eigenvalue weighted by Crippen LogP contribution is 2.08. The molecule has 1 aromatic carbocycles. The van der Waals surface area contributed by atoms with Gasteiger partial charge in [0.25, 0.3) is 10.1 Å². The first-order valence-corrected chi connectivity index (χ1v) is 6.20. The van der Waals surface area contributed by atoms with E-state index in [1.807, 2.05) is 6.92 Å². The largest absolute Gasteiger partial charge is 0.367 e. The van der Waals surface area contributed by atoms with E-state index < -0.39 is 10.1 Å². The number of aryl methyl sites for hydroxylation is 1. The van der Waals surface area contributed by atoms with Crippen LogP contribution >= 0.6 is 0 Å². The molecule has 0 radical (unpaired) electrons. The summed E-state index contributed by atoms with van der Waals surface area (Å²) in [6.07, 6.45) is -0.259. The quantitative estimate of drug-likeness (QED) is 0.578. The molecule has 1 aliphatic heterocycles. The Hall–Kier alpha value is -1.44. The van der Waals surface area contributed by atoms with Gasteiger partial charge >= 0.3 is 0 Å². The zero-order valence-electron chi connectivity index (χ0n) is 9.16. The zero-order valence-corrected chi connectivity index (χ0v) is 9.98. The highest BCUT2D eigenvalue weighted by Gasteiger charge is 2.28. The molecular formula is C10H13NO5S. The molecule has 0 bridgehead atoms. The van der Waals surface area contributed by atoms with Gasteiger partial charge in [0.1, 0.15) is 0 Å². The molecule has 1 amide bonds. The van der Waals surface area contributed by atoms with Gasteiger partial charge in [-0.15, -0.1) is 0 Å². The monoisotopic (exact) mass is 259 g/mol. The van der Waals surface area contributed by atoms with Crippen molar-refractivity contribution in [2.75, 3.05) is 6.61 Å². The van der Waals surface area contributed by atoms with E-state index >= 15 is 0 Å². The summed E-state index contributed by atoms with van der Waals surface area (Å²) in [7, 11) is -4.02. The van der Waals surface area contributed by atoms with E-state index in [1.54, 1.807) is 12.1 Å². The fourth-order valence-electron chi connectivity index (χ4n) is 0.923. The summed E-state index contributed by atoms with van der Waals surface area (Å²) >= 11 is 0. The highest BCUT2D eigenvalue weighted by molar-refractivity contribution is 7.85. The van der Waals surface area contributed by atoms with Gasteiger partial charge in [0.15, 0.2) is 6.10 Å². The van der Waals surface area contributed by atoms with Crippen LogP contribution in [-0.2, 0) is 19.6 Å². The SMILES string of the molecule is Cc1ccc(S(=O)(=O)O)cc1.NC(=O)C1CO1. The second kappa shape index (κ2) is 5.26. The Labute approximate surface area is 99.1 Å². The molecule has 1 saturated heterocycles. The number of amides is 1. The number of carbonyl (C=O) groups is 1. The summed E-state index contributed by atoms with van der Waals surface area (Å²) < 4.78 is 34.0. The first-order chi connectivity index (χ1) is 7.80. The van der Waals surface area contributed by atoms with E-state index in [9.17, 15) is 13.2 Å². The van der Waals surface area contributed by atoms with E-state index in [-0.39, 0.29) is 16.9 Å². The molecule has 1 unspecified atom stereocenters. The lowest BCUT2D eigenvalue weighted by Crippen LogP contribution is -2.17. The second-order valence-corrected chi connectivity index (χ2v) is 4.93. The van der Waals surface area contributed by atoms with Crippen LogP contribution < -0.4 is 5.73 Å². The van der Waals surface area contributed by atoms with Crippen molar-refractivity contribution in [3.05, 3.63) is 29.8 Å². The van der Waals surface area contributed by atoms with Crippen LogP contribution in [0.15, 0.2) is 29.2 Å². The number of ether oxygens (including phenoxy) is 1. The predicted molar refractivity (Wildman–Crippen MR) is 59.9 cm³/mol. The molecule has 6 nitrogen and oxygen atoms in total. The summed E-state index contributed by atoms with van der Waals surface area (Å²) in [5.41, 5.74) is 5.69. The van der Waals surface area contributed by atoms with Crippen LogP contribution in [0.3, 0.4) is 0 Å². The molecule has 3 N–H and O–H groups in total. The molecular weight excluding hydrogens is 246 g/mol. The maximum atomic E-state index is 10.5. The average molecular weight is 259 g/mol. The summed E-state index contributed by atoms with van der Waals surface area (Å²) in [4.78, 5) is 9.79. The van der Waals surface area contributed by atoms with Gasteiger partial charge in [0.2, 0.25) is 5.91 Å². The van der Waals surface area contributed by atoms with Crippen molar-refractivity contribution in [1.82, 2.24) is 0 Å². The molecule has 0 aromatic heterocycles. The molecule has 1 aliphatic rings. The van der Waals surface area contributed by atoms with Crippen molar-refractivity contribution in [2.24, 2.45) is 5.73 Å². The first kappa shape index (κ1) is 13.6. The van der Waals surface area contributed by atoms with E-state index in [4.69, 9.17) is 10.3 Å². The molecule has 2 rings (SSSR count). The third kappa shape index (κ3) is 4.94. The van der Waals surface area contributed by atoms with Crippen molar-refractivity contribution in [3.8, 4) is 0 Å². The van der Waals surface area contributed by atoms with Crippen LogP contribution in [0.25, 0.3) is 0 Å². The summed E-state index contributed by atoms with van der Waals surface area (Å²) in [5, 5.41) is 0. The lowest BCUT2D eigenvalue weighted by Gasteiger charge is -1.95. The number of primary amides is 1. The Morgan fingerprint density at radius 2 is 1.88 bits per heavy atom. The minimum Gasteiger partial charge on any atom is -0.367 e. The van der Waals surface area contributed by atoms with Crippen molar-refractivity contribution in [1.29, 1.82) is 0 Å². The number of hydrogen-bond donors (Lipinski definition) is 2. The van der Waals surface area contributed by atoms with Gasteiger partial charge in [-0.05, 0) is 19.1 Å². The highest BCUT2D eigenvalue weighted by atomic mass is 32.2. The topological polar surface area (TPSA) is 110 Å². The lowest BCUT2D eigenvalue weighted by molar-refractivity contribution is -0.119. The van der Waals surface area contributed by atoms with E-state index in [0.29, 0.717) is 6.61 Å². The maximum Gasteiger partial charge on any atom is 0.294 e. The number of nitrogens with two attached hydrogens (primary N) is 1. The van der Waals surface area contributed by atoms with Crippen LogP contribution in [0.1, 0.15) is 5.56 Å². The van der Waals surface area contributed by atoms with Crippen molar-refractivity contribution < 1.29 is 22.5 Å². The number of hydrogen-bond acceptors (Lipinski definition) is 4. The normalized spacial score (nSPS) is 17.9. The van der Waals surface area contributed by atoms with Gasteiger partial charge < -0.3 is 10.5 Å². The van der Waals surface area contributed by atoms with Crippen molar-refractivity contribution >= 4 is 16.0 Å². The lowest BCUT2D eigenvalue weighted by atomic mass is 10.2. The Morgan fingerprint density at radius 3 is 2.12 bits per heavy atom. The van der Waals surface area contributed by atoms with E-state index in [2.05, 4.69) is 4.74 Å². The van der Waals surface area contributed by atoms with Gasteiger partial charge in [-0.25, -0.2) is 0 Å². The molecule has 0 aliphatic carbocycles. The van der Waals surface area contributed by atoms with Crippen molar-refractivity contribution in [3.63, 3.8) is 0 Å². The van der Waals surface area contributed by atoms with Gasteiger partial charge in [-0.3, -0.25) is 9.35 Å². The second-order valence-electron chi connectivity index (χ2n) is 3.51. The van der Waals surface area contributed by atoms with Gasteiger partial charge in [0, 0.05) is 0 Å². The molecule has 1 fully saturated rings. The van der Waals surface area contributed by atoms with Crippen LogP contribution in [0.5, 0.6) is 0 Å². The summed E-state index contributed by atoms with van der Waals surface area (Å²) in [6.45, 7) is 2.36. The molecule has 7 heteroatoms. The van der Waals surface area contributed by atoms with E-state index in [1.165, 1.54) is 12.1 Å². The minimum atomic E-state index is -4.02. The molecule has 0 saturated carbocycles. The number of rotatable bonds is 2. The fourth-order valence-corrected chi connectivity index (χ4v) is 1.40. The number of epoxide rings is 1. The average Bonchev–Trinajstić information content (AvgIpc) is 3.00. The standard InChI is InChI=1S/C7H8O3S.C3H5NO2/c1-6-2-4-7(5-3-6)11(8,9)10;4-3(5)2-1-6-2/h2-5H,1H3,(H,8,9,10);2H,1H2,(H2,4,5). The molecule has 1 atom stereocenters. The number of benzene rings is 1. The van der Waals surface area contributed by atoms with Gasteiger partial charge in [-0.1, -0.05) is 17.7 Å². The Morgan fingerprint density at radius 1 is 1.41 bits per heavy atom. The summed E-state index contributed by atoms with van der Waals surface area (Å²) in [6, 6.07) is 5.99. The van der Waals surface area contributed by atoms with Crippen LogP contribution in [-0.4, -0.2) is 31.6 Å². The Balaban J connectivity index is 0.000000202. The van der Waals surface area contributed by atoms with Crippen molar-refractivity contribution in [2.45, 2.75) is 17.9 Å². The smallest absolute Gasteiger partial charge is 0.294 e. The molecule has 0 spiro atoms. The molecule has 94 valence electrons. The first-order valence-electron chi connectivity index (χ1n) is 4.76. The third-order valence-corrected chi connectivity index (χ3v) is 2.84. The Kier molecular flexibility index (Phi) is 4.22. The zero-order chi connectivity index (χ0) is 13.1. The number of carbonyl (C=O) groups excluding carboxylic acids is 1. The molecule has 1 heterocycles. The van der Waals surface area contributed by atoms with Crippen LogP contribution in [0.4, 0.5) is 0 Å². The minimum absolute atomic E-state index is 0.0666. The molecule has 1 aromatic rings. The predicted octanol–water partition coefficient (Wildman–Crippen LogP) is 0.112. The third-order valence-electron chi connectivity index (χ3n) is 1.97. The van der Waals surface area contributed by atoms with Crippen LogP contribution in [0, 0.1) is 6.92 Å². The maximum absolute atomic E-state index is 10.5. The van der Waals surface area contributed by atoms with E-state index in [0.717, 1.165) is 5.56 Å². The fraction of sp³-hybridized carbons (Fsp3) is 0.300.